The number of halogens is 1. The normalized spacial score (nSPS) is 15.4. The Bertz CT molecular complexity index is 186. The SMILES string of the molecule is Cl.NC(=O)C1=CN=CCC1. The van der Waals surface area contributed by atoms with Gasteiger partial charge in [0, 0.05) is 18.0 Å². The van der Waals surface area contributed by atoms with Gasteiger partial charge < -0.3 is 5.73 Å². The summed E-state index contributed by atoms with van der Waals surface area (Å²) >= 11 is 0. The van der Waals surface area contributed by atoms with Gasteiger partial charge in [-0.25, -0.2) is 0 Å². The fourth-order valence-electron chi connectivity index (χ4n) is 0.689. The molecule has 0 unspecified atom stereocenters. The van der Waals surface area contributed by atoms with E-state index in [1.54, 1.807) is 6.21 Å². The highest BCUT2D eigenvalue weighted by atomic mass is 35.5. The van der Waals surface area contributed by atoms with Crippen molar-refractivity contribution >= 4 is 24.5 Å². The van der Waals surface area contributed by atoms with Gasteiger partial charge in [0.15, 0.2) is 0 Å². The summed E-state index contributed by atoms with van der Waals surface area (Å²) in [4.78, 5) is 14.2. The van der Waals surface area contributed by atoms with E-state index in [0.717, 1.165) is 12.8 Å². The quantitative estimate of drug-likeness (QED) is 0.602. The molecule has 0 saturated heterocycles. The summed E-state index contributed by atoms with van der Waals surface area (Å²) in [7, 11) is 0. The van der Waals surface area contributed by atoms with Crippen molar-refractivity contribution in [1.82, 2.24) is 0 Å². The van der Waals surface area contributed by atoms with E-state index in [9.17, 15) is 4.79 Å². The predicted octanol–water partition coefficient (Wildman–Crippen LogP) is 0.642. The van der Waals surface area contributed by atoms with Crippen molar-refractivity contribution in [1.29, 1.82) is 0 Å². The Morgan fingerprint density at radius 2 is 2.40 bits per heavy atom. The zero-order chi connectivity index (χ0) is 6.69. The molecule has 0 aromatic carbocycles. The van der Waals surface area contributed by atoms with E-state index in [1.165, 1.54) is 6.20 Å². The summed E-state index contributed by atoms with van der Waals surface area (Å²) in [5.41, 5.74) is 5.61. The van der Waals surface area contributed by atoms with Crippen LogP contribution in [0.3, 0.4) is 0 Å². The molecular weight excluding hydrogens is 152 g/mol. The minimum Gasteiger partial charge on any atom is -0.366 e. The maximum absolute atomic E-state index is 10.4. The zero-order valence-corrected chi connectivity index (χ0v) is 6.23. The Labute approximate surface area is 65.4 Å². The average molecular weight is 161 g/mol. The Hall–Kier alpha value is -0.830. The molecule has 1 rings (SSSR count). The van der Waals surface area contributed by atoms with E-state index >= 15 is 0 Å². The molecule has 2 N–H and O–H groups in total. The zero-order valence-electron chi connectivity index (χ0n) is 5.41. The van der Waals surface area contributed by atoms with Gasteiger partial charge in [0.2, 0.25) is 5.91 Å². The van der Waals surface area contributed by atoms with E-state index < -0.39 is 0 Å². The highest BCUT2D eigenvalue weighted by molar-refractivity contribution is 5.92. The largest absolute Gasteiger partial charge is 0.366 e. The van der Waals surface area contributed by atoms with Gasteiger partial charge in [-0.2, -0.15) is 0 Å². The first-order valence-electron chi connectivity index (χ1n) is 2.81. The van der Waals surface area contributed by atoms with Crippen molar-refractivity contribution < 1.29 is 4.79 Å². The van der Waals surface area contributed by atoms with E-state index in [0.29, 0.717) is 5.57 Å². The van der Waals surface area contributed by atoms with Crippen LogP contribution in [0.5, 0.6) is 0 Å². The van der Waals surface area contributed by atoms with Gasteiger partial charge in [0.1, 0.15) is 0 Å². The third-order valence-electron chi connectivity index (χ3n) is 1.20. The Morgan fingerprint density at radius 3 is 2.70 bits per heavy atom. The molecule has 0 fully saturated rings. The van der Waals surface area contributed by atoms with Crippen molar-refractivity contribution in [2.24, 2.45) is 10.7 Å². The fourth-order valence-corrected chi connectivity index (χ4v) is 0.689. The van der Waals surface area contributed by atoms with Crippen molar-refractivity contribution in [3.8, 4) is 0 Å². The molecule has 0 aromatic heterocycles. The number of carbonyl (C=O) groups is 1. The second kappa shape index (κ2) is 4.06. The molecule has 0 bridgehead atoms. The van der Waals surface area contributed by atoms with Crippen molar-refractivity contribution in [2.45, 2.75) is 12.8 Å². The van der Waals surface area contributed by atoms with Gasteiger partial charge in [-0.05, 0) is 12.8 Å². The van der Waals surface area contributed by atoms with Gasteiger partial charge in [-0.1, -0.05) is 0 Å². The van der Waals surface area contributed by atoms with Gasteiger partial charge >= 0.3 is 0 Å². The first-order chi connectivity index (χ1) is 4.30. The molecule has 0 saturated carbocycles. The maximum atomic E-state index is 10.4. The third kappa shape index (κ3) is 2.19. The van der Waals surface area contributed by atoms with E-state index in [4.69, 9.17) is 5.73 Å². The Kier molecular flexibility index (Phi) is 3.72. The van der Waals surface area contributed by atoms with Crippen LogP contribution in [0, 0.1) is 0 Å². The lowest BCUT2D eigenvalue weighted by atomic mass is 10.1. The minimum atomic E-state index is -0.355. The summed E-state index contributed by atoms with van der Waals surface area (Å²) in [5, 5.41) is 0. The molecule has 0 atom stereocenters. The van der Waals surface area contributed by atoms with E-state index in [1.807, 2.05) is 0 Å². The van der Waals surface area contributed by atoms with Crippen LogP contribution in [0.15, 0.2) is 16.8 Å². The summed E-state index contributed by atoms with van der Waals surface area (Å²) < 4.78 is 0. The van der Waals surface area contributed by atoms with Gasteiger partial charge in [-0.15, -0.1) is 12.4 Å². The lowest BCUT2D eigenvalue weighted by molar-refractivity contribution is -0.114. The highest BCUT2D eigenvalue weighted by Gasteiger charge is 2.04. The molecule has 4 heteroatoms. The number of hydrogen-bond donors (Lipinski definition) is 1. The van der Waals surface area contributed by atoms with Gasteiger partial charge in [0.05, 0.1) is 0 Å². The molecule has 1 amide bonds. The summed E-state index contributed by atoms with van der Waals surface area (Å²) in [5.74, 6) is -0.355. The number of aliphatic imine (C=N–C) groups is 1. The van der Waals surface area contributed by atoms with Crippen LogP contribution in [0.25, 0.3) is 0 Å². The van der Waals surface area contributed by atoms with Gasteiger partial charge in [-0.3, -0.25) is 9.79 Å². The number of amides is 1. The number of primary amides is 1. The molecule has 0 spiro atoms. The Balaban J connectivity index is 0.000000810. The summed E-state index contributed by atoms with van der Waals surface area (Å²) in [6.07, 6.45) is 4.85. The molecule has 1 aliphatic rings. The number of carbonyl (C=O) groups excluding carboxylic acids is 1. The number of hydrogen-bond acceptors (Lipinski definition) is 2. The van der Waals surface area contributed by atoms with Crippen LogP contribution in [0.2, 0.25) is 0 Å². The summed E-state index contributed by atoms with van der Waals surface area (Å²) in [6.45, 7) is 0. The molecule has 10 heavy (non-hydrogen) atoms. The topological polar surface area (TPSA) is 55.5 Å². The lowest BCUT2D eigenvalue weighted by Crippen LogP contribution is -2.14. The first-order valence-corrected chi connectivity index (χ1v) is 2.81. The van der Waals surface area contributed by atoms with Gasteiger partial charge in [0.25, 0.3) is 0 Å². The molecule has 1 aliphatic heterocycles. The number of rotatable bonds is 1. The second-order valence-electron chi connectivity index (χ2n) is 1.89. The Morgan fingerprint density at radius 1 is 1.70 bits per heavy atom. The van der Waals surface area contributed by atoms with E-state index in [2.05, 4.69) is 4.99 Å². The molecule has 0 radical (unpaired) electrons. The lowest BCUT2D eigenvalue weighted by Gasteiger charge is -2.01. The molecule has 0 aliphatic carbocycles. The molecule has 1 heterocycles. The minimum absolute atomic E-state index is 0. The monoisotopic (exact) mass is 160 g/mol. The van der Waals surface area contributed by atoms with Crippen LogP contribution in [-0.2, 0) is 4.79 Å². The van der Waals surface area contributed by atoms with Crippen LogP contribution in [0.1, 0.15) is 12.8 Å². The molecule has 56 valence electrons. The standard InChI is InChI=1S/C6H8N2O.ClH/c7-6(9)5-2-1-3-8-4-5;/h3-4H,1-2H2,(H2,7,9);1H. The third-order valence-corrected chi connectivity index (χ3v) is 1.20. The highest BCUT2D eigenvalue weighted by Crippen LogP contribution is 2.06. The molecular formula is C6H9ClN2O. The van der Waals surface area contributed by atoms with E-state index in [-0.39, 0.29) is 18.3 Å². The van der Waals surface area contributed by atoms with Crippen molar-refractivity contribution in [3.63, 3.8) is 0 Å². The van der Waals surface area contributed by atoms with Crippen molar-refractivity contribution in [2.75, 3.05) is 0 Å². The van der Waals surface area contributed by atoms with Crippen LogP contribution >= 0.6 is 12.4 Å². The van der Waals surface area contributed by atoms with Crippen LogP contribution in [0.4, 0.5) is 0 Å². The first kappa shape index (κ1) is 9.17. The molecule has 3 nitrogen and oxygen atoms in total. The average Bonchev–Trinajstić information content (AvgIpc) is 1.90. The number of nitrogens with zero attached hydrogens (tertiary/aromatic N) is 1. The maximum Gasteiger partial charge on any atom is 0.246 e. The molecule has 0 aromatic rings. The number of nitrogens with two attached hydrogens (primary N) is 1. The van der Waals surface area contributed by atoms with Crippen molar-refractivity contribution in [3.05, 3.63) is 11.8 Å². The summed E-state index contributed by atoms with van der Waals surface area (Å²) in [6, 6.07) is 0. The second-order valence-corrected chi connectivity index (χ2v) is 1.89. The predicted molar refractivity (Wildman–Crippen MR) is 42.3 cm³/mol. The van der Waals surface area contributed by atoms with Crippen LogP contribution < -0.4 is 5.73 Å². The fraction of sp³-hybridized carbons (Fsp3) is 0.333. The smallest absolute Gasteiger partial charge is 0.246 e. The van der Waals surface area contributed by atoms with Crippen LogP contribution in [-0.4, -0.2) is 12.1 Å².